The lowest BCUT2D eigenvalue weighted by Gasteiger charge is -2.26. The van der Waals surface area contributed by atoms with Crippen molar-refractivity contribution in [2.24, 2.45) is 0 Å². The summed E-state index contributed by atoms with van der Waals surface area (Å²) in [6.45, 7) is 10.00. The lowest BCUT2D eigenvalue weighted by atomic mass is 10.2. The minimum atomic E-state index is -0.172. The Labute approximate surface area is 162 Å². The second-order valence-electron chi connectivity index (χ2n) is 6.49. The number of nitrogens with zero attached hydrogens (tertiary/aromatic N) is 2. The van der Waals surface area contributed by atoms with E-state index in [0.29, 0.717) is 17.9 Å². The van der Waals surface area contributed by atoms with Crippen LogP contribution >= 0.6 is 0 Å². The minimum Gasteiger partial charge on any atom is -0.342 e. The average molecular weight is 377 g/mol. The van der Waals surface area contributed by atoms with E-state index >= 15 is 0 Å². The molecule has 0 unspecified atom stereocenters. The molecule has 0 atom stereocenters. The highest BCUT2D eigenvalue weighted by molar-refractivity contribution is 5.93. The number of nitrogens with one attached hydrogen (secondary N) is 2. The second-order valence-corrected chi connectivity index (χ2v) is 6.49. The van der Waals surface area contributed by atoms with Gasteiger partial charge in [-0.25, -0.2) is 0 Å². The fourth-order valence-corrected chi connectivity index (χ4v) is 2.72. The lowest BCUT2D eigenvalue weighted by Crippen LogP contribution is -2.43. The molecule has 150 valence electrons. The molecular formula is C20H32N4O3. The highest BCUT2D eigenvalue weighted by Gasteiger charge is 2.17. The van der Waals surface area contributed by atoms with Gasteiger partial charge in [-0.15, -0.1) is 0 Å². The Balaban J connectivity index is 2.57. The Morgan fingerprint density at radius 1 is 0.852 bits per heavy atom. The first-order valence-electron chi connectivity index (χ1n) is 9.57. The Morgan fingerprint density at radius 3 is 1.81 bits per heavy atom. The second kappa shape index (κ2) is 12.1. The van der Waals surface area contributed by atoms with E-state index in [4.69, 9.17) is 0 Å². The van der Waals surface area contributed by atoms with E-state index in [0.717, 1.165) is 25.9 Å². The molecule has 0 aromatic heterocycles. The highest BCUT2D eigenvalue weighted by atomic mass is 16.2. The number of anilines is 2. The zero-order valence-corrected chi connectivity index (χ0v) is 16.9. The van der Waals surface area contributed by atoms with Gasteiger partial charge in [0.1, 0.15) is 0 Å². The number of carbonyl (C=O) groups excluding carboxylic acids is 3. The van der Waals surface area contributed by atoms with E-state index in [9.17, 15) is 14.4 Å². The van der Waals surface area contributed by atoms with Crippen molar-refractivity contribution in [2.75, 3.05) is 43.4 Å². The third-order valence-corrected chi connectivity index (χ3v) is 4.00. The Morgan fingerprint density at radius 2 is 1.37 bits per heavy atom. The van der Waals surface area contributed by atoms with E-state index < -0.39 is 0 Å². The summed E-state index contributed by atoms with van der Waals surface area (Å²) in [5, 5.41) is 5.50. The maximum Gasteiger partial charge on any atom is 0.238 e. The molecule has 27 heavy (non-hydrogen) atoms. The topological polar surface area (TPSA) is 81.8 Å². The van der Waals surface area contributed by atoms with Crippen LogP contribution in [0.25, 0.3) is 0 Å². The molecule has 2 N–H and O–H groups in total. The van der Waals surface area contributed by atoms with Gasteiger partial charge in [0, 0.05) is 31.4 Å². The fourth-order valence-electron chi connectivity index (χ4n) is 2.72. The predicted molar refractivity (Wildman–Crippen MR) is 109 cm³/mol. The summed E-state index contributed by atoms with van der Waals surface area (Å²) in [6, 6.07) is 6.92. The number of carbonyl (C=O) groups is 3. The van der Waals surface area contributed by atoms with Gasteiger partial charge in [0.15, 0.2) is 0 Å². The van der Waals surface area contributed by atoms with Gasteiger partial charge in [-0.2, -0.15) is 0 Å². The van der Waals surface area contributed by atoms with Crippen LogP contribution in [-0.4, -0.2) is 60.2 Å². The van der Waals surface area contributed by atoms with Crippen molar-refractivity contribution in [1.29, 1.82) is 0 Å². The number of amides is 3. The molecule has 1 aromatic rings. The van der Waals surface area contributed by atoms with Crippen molar-refractivity contribution < 1.29 is 14.4 Å². The summed E-state index contributed by atoms with van der Waals surface area (Å²) in [5.74, 6) is -0.252. The molecule has 7 heteroatoms. The van der Waals surface area contributed by atoms with Gasteiger partial charge in [-0.3, -0.25) is 19.3 Å². The van der Waals surface area contributed by atoms with Crippen molar-refractivity contribution in [3.63, 3.8) is 0 Å². The summed E-state index contributed by atoms with van der Waals surface area (Å²) in [5.41, 5.74) is 1.32. The number of likely N-dealkylation sites (N-methyl/N-ethyl adjacent to an activating group) is 1. The molecule has 0 spiro atoms. The normalized spacial score (nSPS) is 10.6. The van der Waals surface area contributed by atoms with E-state index in [1.165, 1.54) is 6.92 Å². The first-order chi connectivity index (χ1) is 12.9. The number of benzene rings is 1. The smallest absolute Gasteiger partial charge is 0.238 e. The third kappa shape index (κ3) is 8.68. The number of hydrogen-bond donors (Lipinski definition) is 2. The van der Waals surface area contributed by atoms with E-state index in [1.807, 2.05) is 16.7 Å². The van der Waals surface area contributed by atoms with E-state index in [2.05, 4.69) is 24.5 Å². The van der Waals surface area contributed by atoms with Crippen molar-refractivity contribution in [1.82, 2.24) is 9.80 Å². The van der Waals surface area contributed by atoms with Crippen molar-refractivity contribution >= 4 is 29.1 Å². The van der Waals surface area contributed by atoms with Gasteiger partial charge >= 0.3 is 0 Å². The lowest BCUT2D eigenvalue weighted by molar-refractivity contribution is -0.133. The van der Waals surface area contributed by atoms with Crippen LogP contribution in [0.1, 0.15) is 40.5 Å². The third-order valence-electron chi connectivity index (χ3n) is 4.00. The number of rotatable bonds is 11. The van der Waals surface area contributed by atoms with Crippen LogP contribution < -0.4 is 10.6 Å². The fraction of sp³-hybridized carbons (Fsp3) is 0.550. The predicted octanol–water partition coefficient (Wildman–Crippen LogP) is 2.55. The molecule has 0 saturated carbocycles. The van der Waals surface area contributed by atoms with Crippen LogP contribution in [-0.2, 0) is 14.4 Å². The van der Waals surface area contributed by atoms with Crippen LogP contribution in [0.3, 0.4) is 0 Å². The molecule has 0 heterocycles. The largest absolute Gasteiger partial charge is 0.342 e. The molecule has 0 aliphatic heterocycles. The van der Waals surface area contributed by atoms with Gasteiger partial charge < -0.3 is 15.5 Å². The summed E-state index contributed by atoms with van der Waals surface area (Å²) >= 11 is 0. The first-order valence-corrected chi connectivity index (χ1v) is 9.57. The van der Waals surface area contributed by atoms with Gasteiger partial charge in [0.2, 0.25) is 17.7 Å². The molecule has 7 nitrogen and oxygen atoms in total. The van der Waals surface area contributed by atoms with Crippen LogP contribution in [0.15, 0.2) is 24.3 Å². The van der Waals surface area contributed by atoms with Crippen LogP contribution in [0, 0.1) is 0 Å². The highest BCUT2D eigenvalue weighted by Crippen LogP contribution is 2.13. The van der Waals surface area contributed by atoms with Crippen LogP contribution in [0.4, 0.5) is 11.4 Å². The average Bonchev–Trinajstić information content (AvgIpc) is 2.62. The molecule has 1 rings (SSSR count). The van der Waals surface area contributed by atoms with Crippen molar-refractivity contribution in [2.45, 2.75) is 40.5 Å². The van der Waals surface area contributed by atoms with E-state index in [-0.39, 0.29) is 30.8 Å². The molecule has 0 saturated heterocycles. The Hall–Kier alpha value is -2.41. The first kappa shape index (κ1) is 22.6. The summed E-state index contributed by atoms with van der Waals surface area (Å²) in [7, 11) is 0. The van der Waals surface area contributed by atoms with Crippen molar-refractivity contribution in [3.05, 3.63) is 24.3 Å². The summed E-state index contributed by atoms with van der Waals surface area (Å²) in [6.07, 6.45) is 1.85. The SMILES string of the molecule is CCCN(CCC)C(=O)CN(CC)CC(=O)Nc1ccc(NC(C)=O)cc1. The maximum atomic E-state index is 12.5. The quantitative estimate of drug-likeness (QED) is 0.622. The molecule has 0 aliphatic carbocycles. The monoisotopic (exact) mass is 376 g/mol. The van der Waals surface area contributed by atoms with Gasteiger partial charge in [-0.1, -0.05) is 20.8 Å². The standard InChI is InChI=1S/C20H32N4O3/c1-5-12-24(13-6-2)20(27)15-23(7-3)14-19(26)22-18-10-8-17(9-11-18)21-16(4)25/h8-11H,5-7,12-15H2,1-4H3,(H,21,25)(H,22,26). The minimum absolute atomic E-state index is 0.0630. The summed E-state index contributed by atoms with van der Waals surface area (Å²) < 4.78 is 0. The zero-order valence-electron chi connectivity index (χ0n) is 16.9. The maximum absolute atomic E-state index is 12.5. The molecular weight excluding hydrogens is 344 g/mol. The number of hydrogen-bond acceptors (Lipinski definition) is 4. The summed E-state index contributed by atoms with van der Waals surface area (Å²) in [4.78, 5) is 39.5. The molecule has 0 aliphatic rings. The zero-order chi connectivity index (χ0) is 20.2. The molecule has 1 aromatic carbocycles. The van der Waals surface area contributed by atoms with Crippen molar-refractivity contribution in [3.8, 4) is 0 Å². The molecule has 3 amide bonds. The Bertz CT molecular complexity index is 610. The van der Waals surface area contributed by atoms with E-state index in [1.54, 1.807) is 24.3 Å². The van der Waals surface area contributed by atoms with Gasteiger partial charge in [0.05, 0.1) is 13.1 Å². The molecule has 0 bridgehead atoms. The van der Waals surface area contributed by atoms with Gasteiger partial charge in [-0.05, 0) is 43.7 Å². The van der Waals surface area contributed by atoms with Crippen LogP contribution in [0.5, 0.6) is 0 Å². The van der Waals surface area contributed by atoms with Gasteiger partial charge in [0.25, 0.3) is 0 Å². The molecule has 0 fully saturated rings. The molecule has 0 radical (unpaired) electrons. The Kier molecular flexibility index (Phi) is 10.1. The van der Waals surface area contributed by atoms with Crippen LogP contribution in [0.2, 0.25) is 0 Å².